The van der Waals surface area contributed by atoms with E-state index in [2.05, 4.69) is 19.1 Å². The molecule has 0 bridgehead atoms. The van der Waals surface area contributed by atoms with E-state index in [1.165, 1.54) is 50.5 Å². The quantitative estimate of drug-likeness (QED) is 0.193. The van der Waals surface area contributed by atoms with Crippen molar-refractivity contribution in [2.75, 3.05) is 38.8 Å². The van der Waals surface area contributed by atoms with Gasteiger partial charge in [-0.05, 0) is 30.5 Å². The number of unbranched alkanes of at least 4 members (excludes halogenated alkanes) is 6. The molecular formula is C21H35NaO6S. The van der Waals surface area contributed by atoms with Crippen molar-refractivity contribution >= 4 is 10.1 Å². The zero-order chi connectivity index (χ0) is 20.5. The fraction of sp³-hybridized carbons (Fsp3) is 0.714. The number of hydrogen-bond acceptors (Lipinski definition) is 6. The maximum atomic E-state index is 10.4. The van der Waals surface area contributed by atoms with E-state index in [0.29, 0.717) is 19.8 Å². The van der Waals surface area contributed by atoms with Gasteiger partial charge in [0.2, 0.25) is 0 Å². The first-order valence-corrected chi connectivity index (χ1v) is 11.9. The van der Waals surface area contributed by atoms with Crippen LogP contribution >= 0.6 is 0 Å². The van der Waals surface area contributed by atoms with Crippen LogP contribution < -0.4 is 34.3 Å². The Morgan fingerprint density at radius 3 is 1.97 bits per heavy atom. The second kappa shape index (κ2) is 18.6. The maximum absolute atomic E-state index is 10.4. The first-order valence-electron chi connectivity index (χ1n) is 10.3. The van der Waals surface area contributed by atoms with E-state index in [0.717, 1.165) is 12.2 Å². The van der Waals surface area contributed by atoms with E-state index in [1.807, 2.05) is 12.1 Å². The predicted molar refractivity (Wildman–Crippen MR) is 110 cm³/mol. The van der Waals surface area contributed by atoms with Crippen LogP contribution in [0, 0.1) is 0 Å². The van der Waals surface area contributed by atoms with Gasteiger partial charge in [0, 0.05) is 0 Å². The van der Waals surface area contributed by atoms with Crippen LogP contribution in [0.1, 0.15) is 57.4 Å². The van der Waals surface area contributed by atoms with Gasteiger partial charge in [0.25, 0.3) is 0 Å². The molecule has 0 N–H and O–H groups in total. The Balaban J connectivity index is 0.00000784. The van der Waals surface area contributed by atoms with Gasteiger partial charge in [-0.2, -0.15) is 0 Å². The first kappa shape index (κ1) is 28.9. The molecule has 0 saturated heterocycles. The molecule has 0 fully saturated rings. The monoisotopic (exact) mass is 438 g/mol. The van der Waals surface area contributed by atoms with Crippen LogP contribution in [0.3, 0.4) is 0 Å². The summed E-state index contributed by atoms with van der Waals surface area (Å²) in [6, 6.07) is 8.21. The molecule has 0 aliphatic heterocycles. The molecule has 0 unspecified atom stereocenters. The van der Waals surface area contributed by atoms with Gasteiger partial charge < -0.3 is 18.8 Å². The van der Waals surface area contributed by atoms with Crippen LogP contribution in [0.5, 0.6) is 5.75 Å². The van der Waals surface area contributed by atoms with Crippen LogP contribution in [0.2, 0.25) is 0 Å². The SMILES string of the molecule is CCCCCCCCCc1ccc(OCCOCCOCCS(=O)(=O)[O-])cc1.[Na+]. The van der Waals surface area contributed by atoms with E-state index < -0.39 is 15.9 Å². The van der Waals surface area contributed by atoms with Gasteiger partial charge in [-0.1, -0.05) is 57.6 Å². The van der Waals surface area contributed by atoms with Crippen molar-refractivity contribution in [1.82, 2.24) is 0 Å². The molecule has 6 nitrogen and oxygen atoms in total. The summed E-state index contributed by atoms with van der Waals surface area (Å²) in [7, 11) is -4.21. The van der Waals surface area contributed by atoms with Crippen molar-refractivity contribution < 1.29 is 56.7 Å². The summed E-state index contributed by atoms with van der Waals surface area (Å²) in [4.78, 5) is 0. The maximum Gasteiger partial charge on any atom is 1.00 e. The summed E-state index contributed by atoms with van der Waals surface area (Å²) in [6.45, 7) is 3.59. The van der Waals surface area contributed by atoms with Gasteiger partial charge in [0.1, 0.15) is 12.4 Å². The molecule has 162 valence electrons. The largest absolute Gasteiger partial charge is 1.00 e. The van der Waals surface area contributed by atoms with Crippen molar-refractivity contribution in [2.45, 2.75) is 58.3 Å². The molecule has 8 heteroatoms. The second-order valence-electron chi connectivity index (χ2n) is 6.85. The third-order valence-electron chi connectivity index (χ3n) is 4.34. The van der Waals surface area contributed by atoms with E-state index in [4.69, 9.17) is 14.2 Å². The second-order valence-corrected chi connectivity index (χ2v) is 8.37. The molecule has 0 heterocycles. The van der Waals surface area contributed by atoms with Crippen LogP contribution in [0.4, 0.5) is 0 Å². The minimum Gasteiger partial charge on any atom is -0.748 e. The van der Waals surface area contributed by atoms with Crippen LogP contribution in [0.25, 0.3) is 0 Å². The van der Waals surface area contributed by atoms with Crippen molar-refractivity contribution in [3.63, 3.8) is 0 Å². The van der Waals surface area contributed by atoms with Crippen molar-refractivity contribution in [2.24, 2.45) is 0 Å². The average molecular weight is 439 g/mol. The molecule has 0 aliphatic carbocycles. The van der Waals surface area contributed by atoms with Crippen LogP contribution in [-0.2, 0) is 26.0 Å². The average Bonchev–Trinajstić information content (AvgIpc) is 2.66. The van der Waals surface area contributed by atoms with Gasteiger partial charge in [-0.25, -0.2) is 8.42 Å². The summed E-state index contributed by atoms with van der Waals surface area (Å²) >= 11 is 0. The Hall–Kier alpha value is -0.150. The van der Waals surface area contributed by atoms with Crippen molar-refractivity contribution in [1.29, 1.82) is 0 Å². The first-order chi connectivity index (χ1) is 13.5. The standard InChI is InChI=1S/C21H36O6S.Na/c1-2-3-4-5-6-7-8-9-20-10-12-21(13-11-20)27-17-16-25-14-15-26-18-19-28(22,23)24;/h10-13H,2-9,14-19H2,1H3,(H,22,23,24);/q;+1/p-1. The molecule has 29 heavy (non-hydrogen) atoms. The summed E-state index contributed by atoms with van der Waals surface area (Å²) in [5.41, 5.74) is 1.34. The number of hydrogen-bond donors (Lipinski definition) is 0. The number of benzene rings is 1. The Labute approximate surface area is 198 Å². The van der Waals surface area contributed by atoms with Crippen molar-refractivity contribution in [3.05, 3.63) is 29.8 Å². The molecule has 1 aromatic rings. The molecule has 0 radical (unpaired) electrons. The molecule has 0 aromatic heterocycles. The van der Waals surface area contributed by atoms with Gasteiger partial charge in [0.15, 0.2) is 0 Å². The smallest absolute Gasteiger partial charge is 0.748 e. The fourth-order valence-electron chi connectivity index (χ4n) is 2.74. The zero-order valence-electron chi connectivity index (χ0n) is 18.1. The van der Waals surface area contributed by atoms with E-state index >= 15 is 0 Å². The summed E-state index contributed by atoms with van der Waals surface area (Å²) < 4.78 is 47.1. The Morgan fingerprint density at radius 2 is 1.34 bits per heavy atom. The fourth-order valence-corrected chi connectivity index (χ4v) is 3.06. The predicted octanol–water partition coefficient (Wildman–Crippen LogP) is 0.941. The molecule has 0 amide bonds. The third kappa shape index (κ3) is 18.3. The van der Waals surface area contributed by atoms with E-state index in [1.54, 1.807) is 0 Å². The number of rotatable bonds is 18. The molecule has 0 saturated carbocycles. The molecule has 0 atom stereocenters. The van der Waals surface area contributed by atoms with Gasteiger partial charge >= 0.3 is 29.6 Å². The molecular weight excluding hydrogens is 403 g/mol. The Kier molecular flexibility index (Phi) is 18.5. The Bertz CT molecular complexity index is 592. The van der Waals surface area contributed by atoms with Gasteiger partial charge in [-0.3, -0.25) is 0 Å². The van der Waals surface area contributed by atoms with Crippen LogP contribution in [0.15, 0.2) is 24.3 Å². The zero-order valence-corrected chi connectivity index (χ0v) is 20.9. The molecule has 0 aliphatic rings. The van der Waals surface area contributed by atoms with E-state index in [9.17, 15) is 13.0 Å². The molecule has 0 spiro atoms. The van der Waals surface area contributed by atoms with Gasteiger partial charge in [-0.15, -0.1) is 0 Å². The topological polar surface area (TPSA) is 84.9 Å². The van der Waals surface area contributed by atoms with E-state index in [-0.39, 0.29) is 42.8 Å². The van der Waals surface area contributed by atoms with Gasteiger partial charge in [0.05, 0.1) is 42.3 Å². The minimum absolute atomic E-state index is 0. The molecule has 1 aromatic carbocycles. The third-order valence-corrected chi connectivity index (χ3v) is 5.01. The van der Waals surface area contributed by atoms with Crippen molar-refractivity contribution in [3.8, 4) is 5.75 Å². The number of aryl methyl sites for hydroxylation is 1. The normalized spacial score (nSPS) is 11.2. The summed E-state index contributed by atoms with van der Waals surface area (Å²) in [5, 5.41) is 0. The van der Waals surface area contributed by atoms with Crippen LogP contribution in [-0.4, -0.2) is 51.8 Å². The molecule has 1 rings (SSSR count). The number of ether oxygens (including phenoxy) is 3. The Morgan fingerprint density at radius 1 is 0.793 bits per heavy atom. The summed E-state index contributed by atoms with van der Waals surface area (Å²) in [5.74, 6) is 0.314. The summed E-state index contributed by atoms with van der Waals surface area (Å²) in [6.07, 6.45) is 10.4. The minimum atomic E-state index is -4.21.